The molecule has 38 heavy (non-hydrogen) atoms. The molecule has 0 amide bonds. The number of nitrogens with zero attached hydrogens (tertiary/aromatic N) is 3. The highest BCUT2D eigenvalue weighted by atomic mass is 15.4. The zero-order valence-corrected chi connectivity index (χ0v) is 20.5. The minimum absolute atomic E-state index is 0.484. The van der Waals surface area contributed by atoms with Gasteiger partial charge in [0.25, 0.3) is 0 Å². The first-order valence-corrected chi connectivity index (χ1v) is 12.6. The van der Waals surface area contributed by atoms with E-state index in [9.17, 15) is 0 Å². The highest BCUT2D eigenvalue weighted by molar-refractivity contribution is 6.27. The normalized spacial score (nSPS) is 11.5. The standard InChI is InChI=1S/C35H23N3/c1-36-38(29-15-9-4-10-16-29)33-24-20-26-17-21-30-32(23-19-25-18-22-31(33)35(26)34(25)30)37(27-11-5-2-6-12-27)28-13-7-3-8-14-28/h2-24H/i2D. The molecule has 0 atom stereocenters. The van der Waals surface area contributed by atoms with E-state index in [1.54, 1.807) is 5.01 Å². The summed E-state index contributed by atoms with van der Waals surface area (Å²) in [6, 6.07) is 45.5. The zero-order valence-electron chi connectivity index (χ0n) is 21.5. The molecule has 0 N–H and O–H groups in total. The van der Waals surface area contributed by atoms with Crippen molar-refractivity contribution in [1.82, 2.24) is 0 Å². The van der Waals surface area contributed by atoms with Crippen LogP contribution in [0.3, 0.4) is 0 Å². The van der Waals surface area contributed by atoms with E-state index in [4.69, 9.17) is 7.94 Å². The number of rotatable bonds is 5. The Labute approximate surface area is 222 Å². The third-order valence-electron chi connectivity index (χ3n) is 7.16. The van der Waals surface area contributed by atoms with Gasteiger partial charge < -0.3 is 4.90 Å². The molecule has 3 heteroatoms. The Kier molecular flexibility index (Phi) is 4.91. The molecule has 0 aliphatic carbocycles. The van der Waals surface area contributed by atoms with Crippen LogP contribution in [0.1, 0.15) is 1.37 Å². The van der Waals surface area contributed by atoms with Gasteiger partial charge in [0.1, 0.15) is 11.4 Å². The third kappa shape index (κ3) is 3.43. The van der Waals surface area contributed by atoms with Gasteiger partial charge in [0.2, 0.25) is 0 Å². The van der Waals surface area contributed by atoms with Crippen molar-refractivity contribution < 1.29 is 1.37 Å². The van der Waals surface area contributed by atoms with Crippen LogP contribution in [0.15, 0.2) is 140 Å². The second-order valence-corrected chi connectivity index (χ2v) is 9.27. The Bertz CT molecular complexity index is 1980. The maximum atomic E-state index is 8.00. The van der Waals surface area contributed by atoms with Gasteiger partial charge in [0.05, 0.1) is 7.06 Å². The molecule has 0 spiro atoms. The van der Waals surface area contributed by atoms with Gasteiger partial charge in [-0.2, -0.15) is 11.5 Å². The van der Waals surface area contributed by atoms with Crippen molar-refractivity contribution in [1.29, 1.82) is 0 Å². The number of hydrogen-bond acceptors (Lipinski definition) is 2. The number of benzene rings is 7. The molecular formula is C35H23N3. The smallest absolute Gasteiger partial charge is 0.127 e. The van der Waals surface area contributed by atoms with Crippen LogP contribution in [0.5, 0.6) is 0 Å². The molecule has 0 aromatic heterocycles. The second kappa shape index (κ2) is 8.96. The van der Waals surface area contributed by atoms with Crippen molar-refractivity contribution in [3.8, 4) is 0 Å². The van der Waals surface area contributed by atoms with Crippen molar-refractivity contribution in [3.63, 3.8) is 0 Å². The Morgan fingerprint density at radius 3 is 1.55 bits per heavy atom. The van der Waals surface area contributed by atoms with Crippen molar-refractivity contribution in [3.05, 3.63) is 151 Å². The number of anilines is 5. The average molecular weight is 487 g/mol. The zero-order chi connectivity index (χ0) is 26.3. The molecule has 0 unspecified atom stereocenters. The van der Waals surface area contributed by atoms with Crippen LogP contribution in [-0.2, 0) is 0 Å². The summed E-state index contributed by atoms with van der Waals surface area (Å²) >= 11 is 0. The quantitative estimate of drug-likeness (QED) is 0.136. The lowest BCUT2D eigenvalue weighted by molar-refractivity contribution is 1.29. The highest BCUT2D eigenvalue weighted by Crippen LogP contribution is 2.45. The molecule has 7 aromatic rings. The summed E-state index contributed by atoms with van der Waals surface area (Å²) < 4.78 is 8.00. The van der Waals surface area contributed by atoms with Gasteiger partial charge in [-0.15, -0.1) is 0 Å². The summed E-state index contributed by atoms with van der Waals surface area (Å²) in [5, 5.41) is 8.51. The predicted octanol–water partition coefficient (Wildman–Crippen LogP) is 10.0. The van der Waals surface area contributed by atoms with E-state index >= 15 is 0 Å². The van der Waals surface area contributed by atoms with Crippen LogP contribution < -0.4 is 9.91 Å². The van der Waals surface area contributed by atoms with Gasteiger partial charge in [-0.1, -0.05) is 91.0 Å². The molecule has 0 heterocycles. The van der Waals surface area contributed by atoms with E-state index in [0.717, 1.165) is 55.4 Å². The summed E-state index contributed by atoms with van der Waals surface area (Å²) in [4.78, 5) is 6.15. The summed E-state index contributed by atoms with van der Waals surface area (Å²) in [6.07, 6.45) is 0. The Hall–Kier alpha value is -5.33. The SMILES string of the molecule is [2H]c1ccc(N(c2ccccc2)c2ccc3ccc4c(N([N+]#[C-])c5ccccc5)ccc5ccc2c3c54)cc1. The first-order chi connectivity index (χ1) is 19.2. The maximum absolute atomic E-state index is 8.00. The van der Waals surface area contributed by atoms with Crippen LogP contribution in [0, 0.1) is 6.57 Å². The van der Waals surface area contributed by atoms with Crippen molar-refractivity contribution in [2.75, 3.05) is 9.91 Å². The summed E-state index contributed by atoms with van der Waals surface area (Å²) in [6.45, 7) is 8.00. The van der Waals surface area contributed by atoms with E-state index in [-0.39, 0.29) is 0 Å². The lowest BCUT2D eigenvalue weighted by atomic mass is 9.92. The minimum Gasteiger partial charge on any atom is -0.310 e. The molecule has 0 aliphatic heterocycles. The van der Waals surface area contributed by atoms with Crippen LogP contribution >= 0.6 is 0 Å². The molecule has 0 aliphatic rings. The fourth-order valence-electron chi connectivity index (χ4n) is 5.50. The van der Waals surface area contributed by atoms with Crippen LogP contribution in [0.25, 0.3) is 37.3 Å². The molecule has 7 aromatic carbocycles. The summed E-state index contributed by atoms with van der Waals surface area (Å²) in [5.74, 6) is 0. The van der Waals surface area contributed by atoms with E-state index in [1.807, 2.05) is 78.9 Å². The lowest BCUT2D eigenvalue weighted by Gasteiger charge is -2.27. The highest BCUT2D eigenvalue weighted by Gasteiger charge is 2.22. The first kappa shape index (κ1) is 20.8. The lowest BCUT2D eigenvalue weighted by Crippen LogP contribution is -2.10. The van der Waals surface area contributed by atoms with Crippen LogP contribution in [-0.4, -0.2) is 0 Å². The molecular weight excluding hydrogens is 462 g/mol. The molecule has 0 saturated carbocycles. The fraction of sp³-hybridized carbons (Fsp3) is 0. The molecule has 178 valence electrons. The Balaban J connectivity index is 1.52. The maximum Gasteiger partial charge on any atom is 0.127 e. The fourth-order valence-corrected chi connectivity index (χ4v) is 5.50. The summed E-state index contributed by atoms with van der Waals surface area (Å²) in [5.41, 5.74) is 4.83. The molecule has 3 nitrogen and oxygen atoms in total. The van der Waals surface area contributed by atoms with Gasteiger partial charge in [-0.05, 0) is 75.1 Å². The topological polar surface area (TPSA) is 10.8 Å². The minimum atomic E-state index is 0.484. The summed E-state index contributed by atoms with van der Waals surface area (Å²) in [7, 11) is 0. The molecule has 0 fully saturated rings. The second-order valence-electron chi connectivity index (χ2n) is 9.27. The molecule has 0 saturated heterocycles. The van der Waals surface area contributed by atoms with Gasteiger partial charge in [-0.25, -0.2) is 0 Å². The molecule has 7 rings (SSSR count). The van der Waals surface area contributed by atoms with E-state index in [0.29, 0.717) is 6.04 Å². The first-order valence-electron chi connectivity index (χ1n) is 13.1. The Morgan fingerprint density at radius 2 is 0.974 bits per heavy atom. The van der Waals surface area contributed by atoms with Gasteiger partial charge >= 0.3 is 0 Å². The van der Waals surface area contributed by atoms with Gasteiger partial charge in [0.15, 0.2) is 0 Å². The van der Waals surface area contributed by atoms with Crippen molar-refractivity contribution in [2.45, 2.75) is 0 Å². The Morgan fingerprint density at radius 1 is 0.500 bits per heavy atom. The number of para-hydroxylation sites is 3. The van der Waals surface area contributed by atoms with Crippen LogP contribution in [0.2, 0.25) is 0 Å². The predicted molar refractivity (Wildman–Crippen MR) is 160 cm³/mol. The third-order valence-corrected chi connectivity index (χ3v) is 7.16. The van der Waals surface area contributed by atoms with E-state index in [2.05, 4.69) is 64.5 Å². The monoisotopic (exact) mass is 486 g/mol. The molecule has 0 bridgehead atoms. The van der Waals surface area contributed by atoms with E-state index < -0.39 is 0 Å². The number of hydrogen-bond donors (Lipinski definition) is 0. The van der Waals surface area contributed by atoms with Gasteiger partial charge in [-0.3, -0.25) is 0 Å². The average Bonchev–Trinajstić information content (AvgIpc) is 2.99. The van der Waals surface area contributed by atoms with E-state index in [1.165, 1.54) is 5.39 Å². The van der Waals surface area contributed by atoms with Gasteiger partial charge in [0, 0.05) is 22.1 Å². The van der Waals surface area contributed by atoms with Crippen LogP contribution in [0.4, 0.5) is 28.4 Å². The largest absolute Gasteiger partial charge is 0.310 e. The van der Waals surface area contributed by atoms with Crippen molar-refractivity contribution >= 4 is 60.8 Å². The van der Waals surface area contributed by atoms with Crippen molar-refractivity contribution in [2.24, 2.45) is 0 Å². The molecule has 0 radical (unpaired) electrons.